The van der Waals surface area contributed by atoms with E-state index in [0.29, 0.717) is 12.6 Å². The Morgan fingerprint density at radius 1 is 1.23 bits per heavy atom. The van der Waals surface area contributed by atoms with Gasteiger partial charge in [-0.05, 0) is 44.1 Å². The predicted octanol–water partition coefficient (Wildman–Crippen LogP) is 3.80. The van der Waals surface area contributed by atoms with E-state index in [1.54, 1.807) is 17.4 Å². The van der Waals surface area contributed by atoms with Crippen LogP contribution in [0, 0.1) is 5.92 Å². The van der Waals surface area contributed by atoms with E-state index in [0.717, 1.165) is 42.6 Å². The molecule has 2 aliphatic heterocycles. The monoisotopic (exact) mass is 434 g/mol. The number of hydroxylamine groups is 1. The number of aromatic nitrogens is 1. The molecule has 2 atom stereocenters. The van der Waals surface area contributed by atoms with Crippen LogP contribution in [-0.2, 0) is 14.4 Å². The predicted molar refractivity (Wildman–Crippen MR) is 119 cm³/mol. The highest BCUT2D eigenvalue weighted by Crippen LogP contribution is 2.26. The molecule has 1 unspecified atom stereocenters. The van der Waals surface area contributed by atoms with Gasteiger partial charge in [0.1, 0.15) is 0 Å². The molecule has 1 aromatic heterocycles. The Morgan fingerprint density at radius 2 is 2.10 bits per heavy atom. The van der Waals surface area contributed by atoms with E-state index in [-0.39, 0.29) is 12.2 Å². The van der Waals surface area contributed by atoms with Gasteiger partial charge in [0, 0.05) is 50.2 Å². The van der Waals surface area contributed by atoms with Crippen LogP contribution in [0.3, 0.4) is 0 Å². The molecule has 2 saturated heterocycles. The van der Waals surface area contributed by atoms with Crippen molar-refractivity contribution in [1.82, 2.24) is 15.4 Å². The maximum Gasteiger partial charge on any atom is 0.267 e. The number of amides is 1. The van der Waals surface area contributed by atoms with Gasteiger partial charge in [0.25, 0.3) is 5.91 Å². The number of hydrogen-bond acceptors (Lipinski definition) is 7. The number of rotatable bonds is 8. The summed E-state index contributed by atoms with van der Waals surface area (Å²) in [5.41, 5.74) is 3.21. The standard InChI is InChI=1S/C22H34N4O3S/c27-20(25-29-21-8-4-5-13-28-21)10-9-19-16-30-22(24-19)23-18-11-12-26(15-18)14-17-6-2-1-3-7-17/h9-10,16-18,21H,1-8,11-15H2,(H,23,24)(H,25,27)/t18-,21?/m1/s1. The Bertz CT molecular complexity index is 698. The maximum absolute atomic E-state index is 11.9. The van der Waals surface area contributed by atoms with Crippen LogP contribution in [0.4, 0.5) is 5.13 Å². The molecule has 0 aromatic carbocycles. The fourth-order valence-corrected chi connectivity index (χ4v) is 5.33. The fourth-order valence-electron chi connectivity index (χ4n) is 4.58. The van der Waals surface area contributed by atoms with Crippen LogP contribution in [0.15, 0.2) is 11.5 Å². The molecule has 3 aliphatic rings. The summed E-state index contributed by atoms with van der Waals surface area (Å²) in [5.74, 6) is 0.592. The van der Waals surface area contributed by atoms with Crippen LogP contribution in [0.1, 0.15) is 63.5 Å². The van der Waals surface area contributed by atoms with Crippen molar-refractivity contribution >= 4 is 28.5 Å². The van der Waals surface area contributed by atoms with Gasteiger partial charge in [-0.15, -0.1) is 11.3 Å². The third-order valence-electron chi connectivity index (χ3n) is 6.20. The second kappa shape index (κ2) is 11.2. The van der Waals surface area contributed by atoms with E-state index in [9.17, 15) is 4.79 Å². The normalized spacial score (nSPS) is 26.3. The van der Waals surface area contributed by atoms with E-state index in [1.165, 1.54) is 57.7 Å². The third kappa shape index (κ3) is 6.77. The fraction of sp³-hybridized carbons (Fsp3) is 0.727. The highest BCUT2D eigenvalue weighted by Gasteiger charge is 2.25. The highest BCUT2D eigenvalue weighted by atomic mass is 32.1. The van der Waals surface area contributed by atoms with E-state index in [1.807, 2.05) is 5.38 Å². The first-order valence-corrected chi connectivity index (χ1v) is 12.3. The van der Waals surface area contributed by atoms with Crippen molar-refractivity contribution in [2.24, 2.45) is 5.92 Å². The van der Waals surface area contributed by atoms with Gasteiger partial charge in [0.15, 0.2) is 11.4 Å². The summed E-state index contributed by atoms with van der Waals surface area (Å²) in [6.07, 6.45) is 14.0. The Kier molecular flexibility index (Phi) is 8.14. The number of anilines is 1. The van der Waals surface area contributed by atoms with E-state index >= 15 is 0 Å². The van der Waals surface area contributed by atoms with Crippen LogP contribution in [0.2, 0.25) is 0 Å². The summed E-state index contributed by atoms with van der Waals surface area (Å²) in [6.45, 7) is 4.22. The van der Waals surface area contributed by atoms with Gasteiger partial charge in [0.2, 0.25) is 0 Å². The lowest BCUT2D eigenvalue weighted by Gasteiger charge is -2.26. The van der Waals surface area contributed by atoms with Gasteiger partial charge >= 0.3 is 0 Å². The average molecular weight is 435 g/mol. The molecule has 4 rings (SSSR count). The summed E-state index contributed by atoms with van der Waals surface area (Å²) in [6, 6.07) is 0.462. The lowest BCUT2D eigenvalue weighted by atomic mass is 9.89. The minimum absolute atomic E-state index is 0.305. The number of ether oxygens (including phenoxy) is 1. The molecule has 7 nitrogen and oxygen atoms in total. The van der Waals surface area contributed by atoms with Crippen molar-refractivity contribution in [3.05, 3.63) is 17.2 Å². The van der Waals surface area contributed by atoms with Crippen LogP contribution in [-0.4, -0.2) is 54.4 Å². The Morgan fingerprint density at radius 3 is 2.93 bits per heavy atom. The van der Waals surface area contributed by atoms with Crippen molar-refractivity contribution in [2.45, 2.75) is 70.1 Å². The van der Waals surface area contributed by atoms with Crippen LogP contribution < -0.4 is 10.8 Å². The smallest absolute Gasteiger partial charge is 0.267 e. The van der Waals surface area contributed by atoms with Crippen molar-refractivity contribution in [3.8, 4) is 0 Å². The second-order valence-electron chi connectivity index (χ2n) is 8.68. The summed E-state index contributed by atoms with van der Waals surface area (Å²) in [5, 5.41) is 6.46. The van der Waals surface area contributed by atoms with Gasteiger partial charge in [0.05, 0.1) is 5.69 Å². The molecule has 166 valence electrons. The van der Waals surface area contributed by atoms with Crippen LogP contribution in [0.25, 0.3) is 6.08 Å². The zero-order chi connectivity index (χ0) is 20.6. The van der Waals surface area contributed by atoms with Gasteiger partial charge in [-0.1, -0.05) is 19.3 Å². The van der Waals surface area contributed by atoms with Gasteiger partial charge in [-0.25, -0.2) is 15.3 Å². The molecule has 3 heterocycles. The van der Waals surface area contributed by atoms with Crippen molar-refractivity contribution in [1.29, 1.82) is 0 Å². The Labute approximate surface area is 183 Å². The van der Waals surface area contributed by atoms with Crippen LogP contribution >= 0.6 is 11.3 Å². The number of carbonyl (C=O) groups is 1. The first-order valence-electron chi connectivity index (χ1n) is 11.4. The zero-order valence-corrected chi connectivity index (χ0v) is 18.5. The van der Waals surface area contributed by atoms with Crippen molar-refractivity contribution in [3.63, 3.8) is 0 Å². The molecule has 8 heteroatoms. The number of hydrogen-bond donors (Lipinski definition) is 2. The molecular weight excluding hydrogens is 400 g/mol. The second-order valence-corrected chi connectivity index (χ2v) is 9.54. The van der Waals surface area contributed by atoms with E-state index in [2.05, 4.69) is 20.7 Å². The lowest BCUT2D eigenvalue weighted by molar-refractivity contribution is -0.198. The number of likely N-dealkylation sites (tertiary alicyclic amines) is 1. The quantitative estimate of drug-likeness (QED) is 0.479. The summed E-state index contributed by atoms with van der Waals surface area (Å²) in [7, 11) is 0. The van der Waals surface area contributed by atoms with Gasteiger partial charge in [-0.3, -0.25) is 4.79 Å². The molecule has 3 fully saturated rings. The zero-order valence-electron chi connectivity index (χ0n) is 17.7. The first kappa shape index (κ1) is 21.7. The first-order chi connectivity index (χ1) is 14.7. The SMILES string of the molecule is O=C(C=Cc1csc(N[C@@H]2CCN(CC3CCCCC3)C2)n1)NOC1CCCCO1. The third-order valence-corrected chi connectivity index (χ3v) is 6.99. The lowest BCUT2D eigenvalue weighted by Crippen LogP contribution is -2.32. The number of nitrogens with zero attached hydrogens (tertiary/aromatic N) is 2. The Hall–Kier alpha value is -1.48. The molecule has 1 saturated carbocycles. The maximum atomic E-state index is 11.9. The molecule has 1 amide bonds. The molecule has 2 N–H and O–H groups in total. The average Bonchev–Trinajstić information content (AvgIpc) is 3.42. The number of nitrogens with one attached hydrogen (secondary N) is 2. The number of carbonyl (C=O) groups excluding carboxylic acids is 1. The summed E-state index contributed by atoms with van der Waals surface area (Å²) < 4.78 is 5.42. The molecule has 1 aromatic rings. The van der Waals surface area contributed by atoms with Crippen molar-refractivity contribution < 1.29 is 14.4 Å². The molecule has 30 heavy (non-hydrogen) atoms. The summed E-state index contributed by atoms with van der Waals surface area (Å²) >= 11 is 1.59. The topological polar surface area (TPSA) is 75.7 Å². The molecule has 0 bridgehead atoms. The van der Waals surface area contributed by atoms with Gasteiger partial charge in [-0.2, -0.15) is 0 Å². The van der Waals surface area contributed by atoms with Gasteiger partial charge < -0.3 is 15.0 Å². The van der Waals surface area contributed by atoms with Crippen molar-refractivity contribution in [2.75, 3.05) is 31.6 Å². The molecule has 0 spiro atoms. The molecular formula is C22H34N4O3S. The molecule has 0 radical (unpaired) electrons. The Balaban J connectivity index is 1.16. The van der Waals surface area contributed by atoms with Crippen LogP contribution in [0.5, 0.6) is 0 Å². The largest absolute Gasteiger partial charge is 0.357 e. The van der Waals surface area contributed by atoms with E-state index < -0.39 is 0 Å². The number of thiazole rings is 1. The minimum atomic E-state index is -0.338. The van der Waals surface area contributed by atoms with E-state index in [4.69, 9.17) is 9.57 Å². The molecule has 1 aliphatic carbocycles. The highest BCUT2D eigenvalue weighted by molar-refractivity contribution is 7.13. The minimum Gasteiger partial charge on any atom is -0.357 e. The summed E-state index contributed by atoms with van der Waals surface area (Å²) in [4.78, 5) is 24.4.